The van der Waals surface area contributed by atoms with E-state index < -0.39 is 6.10 Å². The molecule has 0 bridgehead atoms. The van der Waals surface area contributed by atoms with Gasteiger partial charge in [-0.25, -0.2) is 0 Å². The van der Waals surface area contributed by atoms with Crippen molar-refractivity contribution in [1.29, 1.82) is 0 Å². The Labute approximate surface area is 145 Å². The highest BCUT2D eigenvalue weighted by molar-refractivity contribution is 5.81. The van der Waals surface area contributed by atoms with E-state index in [1.807, 2.05) is 69.3 Å². The lowest BCUT2D eigenvalue weighted by molar-refractivity contribution is -0.129. The molecule has 0 fully saturated rings. The molecule has 2 aromatic carbocycles. The summed E-state index contributed by atoms with van der Waals surface area (Å²) < 4.78 is 6.01. The van der Waals surface area contributed by atoms with Gasteiger partial charge in [0.2, 0.25) is 0 Å². The van der Waals surface area contributed by atoms with Crippen molar-refractivity contribution in [3.05, 3.63) is 65.2 Å². The maximum Gasteiger partial charge on any atom is 0.261 e. The normalized spacial score (nSPS) is 13.2. The van der Waals surface area contributed by atoms with Crippen LogP contribution in [0.3, 0.4) is 0 Å². The fourth-order valence-electron chi connectivity index (χ4n) is 2.68. The summed E-state index contributed by atoms with van der Waals surface area (Å²) >= 11 is 0. The van der Waals surface area contributed by atoms with Crippen molar-refractivity contribution in [2.24, 2.45) is 0 Å². The maximum absolute atomic E-state index is 12.7. The molecule has 0 spiro atoms. The minimum absolute atomic E-state index is 0.00922. The van der Waals surface area contributed by atoms with E-state index in [2.05, 4.69) is 12.2 Å². The van der Waals surface area contributed by atoms with Gasteiger partial charge in [-0.3, -0.25) is 4.79 Å². The number of hydrogen-bond donors (Lipinski definition) is 1. The zero-order valence-electron chi connectivity index (χ0n) is 15.0. The van der Waals surface area contributed by atoms with E-state index in [9.17, 15) is 4.79 Å². The van der Waals surface area contributed by atoms with Gasteiger partial charge in [0, 0.05) is 0 Å². The Morgan fingerprint density at radius 1 is 1.04 bits per heavy atom. The van der Waals surface area contributed by atoms with Gasteiger partial charge in [-0.2, -0.15) is 0 Å². The molecule has 0 heterocycles. The molecule has 0 aliphatic rings. The van der Waals surface area contributed by atoms with Crippen molar-refractivity contribution in [3.8, 4) is 5.75 Å². The van der Waals surface area contributed by atoms with Crippen molar-refractivity contribution < 1.29 is 9.53 Å². The molecule has 0 saturated carbocycles. The molecule has 0 aliphatic heterocycles. The van der Waals surface area contributed by atoms with E-state index in [4.69, 9.17) is 4.74 Å². The summed E-state index contributed by atoms with van der Waals surface area (Å²) in [7, 11) is 0. The third-order valence-electron chi connectivity index (χ3n) is 4.20. The van der Waals surface area contributed by atoms with E-state index in [1.165, 1.54) is 0 Å². The van der Waals surface area contributed by atoms with Crippen LogP contribution in [0.1, 0.15) is 49.4 Å². The summed E-state index contributed by atoms with van der Waals surface area (Å²) in [5.41, 5.74) is 3.29. The van der Waals surface area contributed by atoms with Crippen LogP contribution in [0.2, 0.25) is 0 Å². The molecule has 0 aliphatic carbocycles. The van der Waals surface area contributed by atoms with E-state index in [1.54, 1.807) is 0 Å². The zero-order valence-corrected chi connectivity index (χ0v) is 15.0. The van der Waals surface area contributed by atoms with Gasteiger partial charge >= 0.3 is 0 Å². The quantitative estimate of drug-likeness (QED) is 0.799. The summed E-state index contributed by atoms with van der Waals surface area (Å²) in [6.07, 6.45) is 0.989. The molecule has 2 atom stereocenters. The van der Waals surface area contributed by atoms with Crippen molar-refractivity contribution >= 4 is 5.91 Å². The van der Waals surface area contributed by atoms with Crippen molar-refractivity contribution in [2.75, 3.05) is 0 Å². The molecule has 0 aromatic heterocycles. The number of hydrogen-bond acceptors (Lipinski definition) is 2. The number of carbonyl (C=O) groups is 1. The second kappa shape index (κ2) is 8.53. The first-order valence-electron chi connectivity index (χ1n) is 8.64. The van der Waals surface area contributed by atoms with Crippen LogP contribution in [-0.2, 0) is 4.79 Å². The fraction of sp³-hybridized carbons (Fsp3) is 0.381. The Morgan fingerprint density at radius 2 is 1.75 bits per heavy atom. The van der Waals surface area contributed by atoms with Crippen molar-refractivity contribution in [2.45, 2.75) is 52.7 Å². The number of ether oxygens (including phenoxy) is 1. The molecule has 24 heavy (non-hydrogen) atoms. The van der Waals surface area contributed by atoms with Crippen LogP contribution >= 0.6 is 0 Å². The summed E-state index contributed by atoms with van der Waals surface area (Å²) in [6, 6.07) is 16.1. The lowest BCUT2D eigenvalue weighted by atomic mass is 10.0. The van der Waals surface area contributed by atoms with Gasteiger partial charge < -0.3 is 10.1 Å². The van der Waals surface area contributed by atoms with E-state index in [-0.39, 0.29) is 11.9 Å². The second-order valence-electron chi connectivity index (χ2n) is 6.16. The predicted octanol–water partition coefficient (Wildman–Crippen LogP) is 4.73. The van der Waals surface area contributed by atoms with Gasteiger partial charge in [0.15, 0.2) is 6.10 Å². The monoisotopic (exact) mass is 325 g/mol. The van der Waals surface area contributed by atoms with Crippen LogP contribution in [0.25, 0.3) is 0 Å². The summed E-state index contributed by atoms with van der Waals surface area (Å²) in [5.74, 6) is 0.721. The van der Waals surface area contributed by atoms with Crippen LogP contribution in [0.15, 0.2) is 48.5 Å². The number of nitrogens with one attached hydrogen (secondary N) is 1. The molecule has 1 N–H and O–H groups in total. The van der Waals surface area contributed by atoms with Gasteiger partial charge in [-0.05, 0) is 49.4 Å². The van der Waals surface area contributed by atoms with E-state index in [0.717, 1.165) is 28.9 Å². The SMILES string of the molecule is CC[C@H](NC(=O)[C@@H](CC)Oc1cc(C)ccc1C)c1ccccc1. The Morgan fingerprint density at radius 3 is 2.38 bits per heavy atom. The first kappa shape index (κ1) is 18.1. The van der Waals surface area contributed by atoms with Gasteiger partial charge in [0.25, 0.3) is 5.91 Å². The Kier molecular flexibility index (Phi) is 6.42. The molecule has 128 valence electrons. The Hall–Kier alpha value is -2.29. The smallest absolute Gasteiger partial charge is 0.261 e. The van der Waals surface area contributed by atoms with Crippen LogP contribution in [-0.4, -0.2) is 12.0 Å². The highest BCUT2D eigenvalue weighted by Crippen LogP contribution is 2.22. The first-order chi connectivity index (χ1) is 11.5. The molecule has 1 amide bonds. The Balaban J connectivity index is 2.09. The minimum atomic E-state index is -0.483. The number of carbonyl (C=O) groups excluding carboxylic acids is 1. The minimum Gasteiger partial charge on any atom is -0.480 e. The lowest BCUT2D eigenvalue weighted by Crippen LogP contribution is -2.40. The van der Waals surface area contributed by atoms with Crippen LogP contribution in [0, 0.1) is 13.8 Å². The van der Waals surface area contributed by atoms with Crippen LogP contribution < -0.4 is 10.1 Å². The number of benzene rings is 2. The zero-order chi connectivity index (χ0) is 17.5. The number of rotatable bonds is 7. The number of amides is 1. The predicted molar refractivity (Wildman–Crippen MR) is 98.2 cm³/mol. The molecule has 2 rings (SSSR count). The molecule has 0 saturated heterocycles. The van der Waals surface area contributed by atoms with E-state index in [0.29, 0.717) is 6.42 Å². The molecular formula is C21H27NO2. The molecule has 2 aromatic rings. The van der Waals surface area contributed by atoms with Gasteiger partial charge in [0.05, 0.1) is 6.04 Å². The van der Waals surface area contributed by atoms with Crippen molar-refractivity contribution in [1.82, 2.24) is 5.32 Å². The second-order valence-corrected chi connectivity index (χ2v) is 6.16. The van der Waals surface area contributed by atoms with Crippen LogP contribution in [0.4, 0.5) is 0 Å². The summed E-state index contributed by atoms with van der Waals surface area (Å²) in [6.45, 7) is 8.07. The van der Waals surface area contributed by atoms with Gasteiger partial charge in [0.1, 0.15) is 5.75 Å². The largest absolute Gasteiger partial charge is 0.480 e. The van der Waals surface area contributed by atoms with Gasteiger partial charge in [-0.15, -0.1) is 0 Å². The van der Waals surface area contributed by atoms with Crippen LogP contribution in [0.5, 0.6) is 5.75 Å². The highest BCUT2D eigenvalue weighted by atomic mass is 16.5. The maximum atomic E-state index is 12.7. The summed E-state index contributed by atoms with van der Waals surface area (Å²) in [5, 5.41) is 3.12. The fourth-order valence-corrected chi connectivity index (χ4v) is 2.68. The molecule has 3 nitrogen and oxygen atoms in total. The average Bonchev–Trinajstić information content (AvgIpc) is 2.60. The topological polar surface area (TPSA) is 38.3 Å². The van der Waals surface area contributed by atoms with E-state index >= 15 is 0 Å². The summed E-state index contributed by atoms with van der Waals surface area (Å²) in [4.78, 5) is 12.7. The number of aryl methyl sites for hydroxylation is 2. The molecule has 3 heteroatoms. The van der Waals surface area contributed by atoms with Gasteiger partial charge in [-0.1, -0.05) is 56.3 Å². The highest BCUT2D eigenvalue weighted by Gasteiger charge is 2.22. The third kappa shape index (κ3) is 4.60. The standard InChI is InChI=1S/C21H27NO2/c1-5-18(17-10-8-7-9-11-17)22-21(23)19(6-2)24-20-14-15(3)12-13-16(20)4/h7-14,18-19H,5-6H2,1-4H3,(H,22,23)/t18-,19+/m0/s1. The molecule has 0 unspecified atom stereocenters. The van der Waals surface area contributed by atoms with Crippen molar-refractivity contribution in [3.63, 3.8) is 0 Å². The third-order valence-corrected chi connectivity index (χ3v) is 4.20. The lowest BCUT2D eigenvalue weighted by Gasteiger charge is -2.23. The average molecular weight is 325 g/mol. The molecule has 0 radical (unpaired) electrons. The first-order valence-corrected chi connectivity index (χ1v) is 8.64. The molecular weight excluding hydrogens is 298 g/mol. The Bertz CT molecular complexity index is 667.